The molecule has 0 aliphatic rings. The smallest absolute Gasteiger partial charge is 0.180 e. The summed E-state index contributed by atoms with van der Waals surface area (Å²) in [5, 5.41) is 0.478. The maximum atomic E-state index is 6.39. The van der Waals surface area contributed by atoms with E-state index in [1.54, 1.807) is 14.2 Å². The van der Waals surface area contributed by atoms with Crippen LogP contribution in [0.15, 0.2) is 36.4 Å². The number of hydrogen-bond acceptors (Lipinski definition) is 3. The van der Waals surface area contributed by atoms with Gasteiger partial charge in [0.1, 0.15) is 5.82 Å². The van der Waals surface area contributed by atoms with Crippen LogP contribution in [0.25, 0.3) is 22.4 Å². The van der Waals surface area contributed by atoms with Gasteiger partial charge in [-0.05, 0) is 24.3 Å². The van der Waals surface area contributed by atoms with Crippen molar-refractivity contribution in [3.63, 3.8) is 0 Å². The van der Waals surface area contributed by atoms with E-state index in [9.17, 15) is 0 Å². The number of halogens is 1. The number of fused-ring (bicyclic) bond motifs is 1. The fraction of sp³-hybridized carbons (Fsp3) is 0.133. The van der Waals surface area contributed by atoms with E-state index < -0.39 is 0 Å². The molecule has 0 saturated carbocycles. The molecule has 3 rings (SSSR count). The fourth-order valence-corrected chi connectivity index (χ4v) is 2.48. The Morgan fingerprint density at radius 3 is 2.55 bits per heavy atom. The molecule has 4 nitrogen and oxygen atoms in total. The second-order valence-corrected chi connectivity index (χ2v) is 4.64. The summed E-state index contributed by atoms with van der Waals surface area (Å²) in [5.74, 6) is 1.81. The Labute approximate surface area is 121 Å². The molecule has 0 aliphatic heterocycles. The first-order valence-electron chi connectivity index (χ1n) is 6.10. The number of benzene rings is 2. The summed E-state index contributed by atoms with van der Waals surface area (Å²) < 4.78 is 10.5. The van der Waals surface area contributed by atoms with Crippen molar-refractivity contribution in [2.24, 2.45) is 0 Å². The SMILES string of the molecule is COc1ccc(-c2nc3ccccc3[nH]2)c(Cl)c1OC. The van der Waals surface area contributed by atoms with Crippen molar-refractivity contribution < 1.29 is 9.47 Å². The Morgan fingerprint density at radius 2 is 1.85 bits per heavy atom. The normalized spacial score (nSPS) is 10.8. The van der Waals surface area contributed by atoms with E-state index in [4.69, 9.17) is 21.1 Å². The van der Waals surface area contributed by atoms with Gasteiger partial charge in [-0.2, -0.15) is 0 Å². The quantitative estimate of drug-likeness (QED) is 0.795. The minimum absolute atomic E-state index is 0.478. The zero-order valence-electron chi connectivity index (χ0n) is 11.1. The third-order valence-electron chi connectivity index (χ3n) is 3.13. The molecule has 0 atom stereocenters. The van der Waals surface area contributed by atoms with Gasteiger partial charge in [0, 0.05) is 5.56 Å². The molecule has 0 amide bonds. The van der Waals surface area contributed by atoms with Gasteiger partial charge in [-0.3, -0.25) is 0 Å². The highest BCUT2D eigenvalue weighted by Gasteiger charge is 2.16. The van der Waals surface area contributed by atoms with Gasteiger partial charge in [-0.25, -0.2) is 4.98 Å². The van der Waals surface area contributed by atoms with Crippen LogP contribution in [-0.4, -0.2) is 24.2 Å². The summed E-state index contributed by atoms with van der Waals surface area (Å²) >= 11 is 6.39. The monoisotopic (exact) mass is 288 g/mol. The Hall–Kier alpha value is -2.20. The van der Waals surface area contributed by atoms with Crippen molar-refractivity contribution in [3.05, 3.63) is 41.4 Å². The van der Waals surface area contributed by atoms with Crippen molar-refractivity contribution in [1.29, 1.82) is 0 Å². The topological polar surface area (TPSA) is 47.1 Å². The molecule has 20 heavy (non-hydrogen) atoms. The first-order valence-corrected chi connectivity index (χ1v) is 6.48. The molecule has 0 fully saturated rings. The predicted octanol–water partition coefficient (Wildman–Crippen LogP) is 3.90. The molecule has 0 unspecified atom stereocenters. The summed E-state index contributed by atoms with van der Waals surface area (Å²) in [5.41, 5.74) is 2.64. The zero-order valence-corrected chi connectivity index (χ0v) is 11.9. The Bertz CT molecular complexity index is 735. The van der Waals surface area contributed by atoms with Crippen LogP contribution in [0.1, 0.15) is 0 Å². The first-order chi connectivity index (χ1) is 9.74. The lowest BCUT2D eigenvalue weighted by atomic mass is 10.2. The zero-order chi connectivity index (χ0) is 14.1. The van der Waals surface area contributed by atoms with Crippen LogP contribution in [0.3, 0.4) is 0 Å². The Kier molecular flexibility index (Phi) is 3.24. The van der Waals surface area contributed by atoms with E-state index in [0.717, 1.165) is 16.6 Å². The number of nitrogens with one attached hydrogen (secondary N) is 1. The average molecular weight is 289 g/mol. The van der Waals surface area contributed by atoms with Crippen molar-refractivity contribution in [1.82, 2.24) is 9.97 Å². The largest absolute Gasteiger partial charge is 0.493 e. The minimum Gasteiger partial charge on any atom is -0.493 e. The van der Waals surface area contributed by atoms with E-state index in [2.05, 4.69) is 9.97 Å². The molecular formula is C15H13ClN2O2. The van der Waals surface area contributed by atoms with E-state index >= 15 is 0 Å². The van der Waals surface area contributed by atoms with Crippen LogP contribution < -0.4 is 9.47 Å². The van der Waals surface area contributed by atoms with Crippen LogP contribution >= 0.6 is 11.6 Å². The van der Waals surface area contributed by atoms with E-state index in [-0.39, 0.29) is 0 Å². The molecule has 1 aromatic heterocycles. The summed E-state index contributed by atoms with van der Waals surface area (Å²) in [6.45, 7) is 0. The molecule has 3 aromatic rings. The van der Waals surface area contributed by atoms with Crippen LogP contribution in [0.4, 0.5) is 0 Å². The van der Waals surface area contributed by atoms with Gasteiger partial charge >= 0.3 is 0 Å². The second kappa shape index (κ2) is 5.06. The van der Waals surface area contributed by atoms with Crippen molar-refractivity contribution in [2.75, 3.05) is 14.2 Å². The van der Waals surface area contributed by atoms with Gasteiger partial charge in [0.05, 0.1) is 30.3 Å². The lowest BCUT2D eigenvalue weighted by Crippen LogP contribution is -1.93. The number of rotatable bonds is 3. The van der Waals surface area contributed by atoms with Crippen LogP contribution in [0.5, 0.6) is 11.5 Å². The Morgan fingerprint density at radius 1 is 1.05 bits per heavy atom. The molecule has 5 heteroatoms. The number of para-hydroxylation sites is 2. The highest BCUT2D eigenvalue weighted by molar-refractivity contribution is 6.35. The molecule has 1 heterocycles. The van der Waals surface area contributed by atoms with E-state index in [0.29, 0.717) is 22.3 Å². The number of methoxy groups -OCH3 is 2. The van der Waals surface area contributed by atoms with Gasteiger partial charge in [0.15, 0.2) is 11.5 Å². The number of nitrogens with zero attached hydrogens (tertiary/aromatic N) is 1. The average Bonchev–Trinajstić information content (AvgIpc) is 2.90. The van der Waals surface area contributed by atoms with Gasteiger partial charge in [-0.1, -0.05) is 23.7 Å². The predicted molar refractivity (Wildman–Crippen MR) is 79.6 cm³/mol. The number of ether oxygens (including phenoxy) is 2. The van der Waals surface area contributed by atoms with Crippen molar-refractivity contribution in [3.8, 4) is 22.9 Å². The molecule has 0 bridgehead atoms. The number of imidazole rings is 1. The van der Waals surface area contributed by atoms with Gasteiger partial charge < -0.3 is 14.5 Å². The Balaban J connectivity index is 2.18. The van der Waals surface area contributed by atoms with Crippen LogP contribution in [0, 0.1) is 0 Å². The van der Waals surface area contributed by atoms with Crippen LogP contribution in [-0.2, 0) is 0 Å². The molecule has 2 aromatic carbocycles. The lowest BCUT2D eigenvalue weighted by molar-refractivity contribution is 0.355. The maximum Gasteiger partial charge on any atom is 0.180 e. The molecule has 0 saturated heterocycles. The number of aromatic nitrogens is 2. The van der Waals surface area contributed by atoms with Crippen molar-refractivity contribution in [2.45, 2.75) is 0 Å². The van der Waals surface area contributed by atoms with Gasteiger partial charge in [0.2, 0.25) is 0 Å². The van der Waals surface area contributed by atoms with Crippen molar-refractivity contribution >= 4 is 22.6 Å². The molecule has 0 radical (unpaired) electrons. The third kappa shape index (κ3) is 1.98. The highest BCUT2D eigenvalue weighted by atomic mass is 35.5. The number of hydrogen-bond donors (Lipinski definition) is 1. The molecule has 0 aliphatic carbocycles. The minimum atomic E-state index is 0.478. The fourth-order valence-electron chi connectivity index (χ4n) is 2.15. The van der Waals surface area contributed by atoms with Crippen LogP contribution in [0.2, 0.25) is 5.02 Å². The summed E-state index contributed by atoms with van der Waals surface area (Å²) in [7, 11) is 3.14. The summed E-state index contributed by atoms with van der Waals surface area (Å²) in [6, 6.07) is 11.5. The second-order valence-electron chi connectivity index (χ2n) is 4.27. The molecule has 102 valence electrons. The number of H-pyrrole nitrogens is 1. The summed E-state index contributed by atoms with van der Waals surface area (Å²) in [4.78, 5) is 7.79. The lowest BCUT2D eigenvalue weighted by Gasteiger charge is -2.11. The van der Waals surface area contributed by atoms with E-state index in [1.807, 2.05) is 36.4 Å². The first kappa shape index (κ1) is 12.8. The molecule has 0 spiro atoms. The standard InChI is InChI=1S/C15H13ClN2O2/c1-19-12-8-7-9(13(16)14(12)20-2)15-17-10-5-3-4-6-11(10)18-15/h3-8H,1-2H3,(H,17,18). The third-order valence-corrected chi connectivity index (χ3v) is 3.50. The van der Waals surface area contributed by atoms with Gasteiger partial charge in [0.25, 0.3) is 0 Å². The molecule has 1 N–H and O–H groups in total. The summed E-state index contributed by atoms with van der Waals surface area (Å²) in [6.07, 6.45) is 0. The van der Waals surface area contributed by atoms with E-state index in [1.165, 1.54) is 0 Å². The highest BCUT2D eigenvalue weighted by Crippen LogP contribution is 2.41. The van der Waals surface area contributed by atoms with Gasteiger partial charge in [-0.15, -0.1) is 0 Å². The molecular weight excluding hydrogens is 276 g/mol. The number of aromatic amines is 1. The maximum absolute atomic E-state index is 6.39.